The lowest BCUT2D eigenvalue weighted by molar-refractivity contribution is -0.255. The predicted molar refractivity (Wildman–Crippen MR) is 132 cm³/mol. The summed E-state index contributed by atoms with van der Waals surface area (Å²) in [6.45, 7) is 15.4. The molecule has 7 fully saturated rings. The first-order chi connectivity index (χ1) is 16.1. The topological polar surface area (TPSA) is 79.2 Å². The van der Waals surface area contributed by atoms with Crippen molar-refractivity contribution in [2.75, 3.05) is 0 Å². The third-order valence-corrected chi connectivity index (χ3v) is 14.1. The van der Waals surface area contributed by atoms with Crippen molar-refractivity contribution in [1.29, 1.82) is 0 Å². The molecule has 5 heteroatoms. The Morgan fingerprint density at radius 2 is 1.54 bits per heavy atom. The zero-order chi connectivity index (χ0) is 25.2. The number of hydrogen-bond donors (Lipinski definition) is 3. The van der Waals surface area contributed by atoms with Gasteiger partial charge in [-0.25, -0.2) is 0 Å². The molecule has 2 bridgehead atoms. The van der Waals surface area contributed by atoms with Gasteiger partial charge in [-0.05, 0) is 98.2 Å². The summed E-state index contributed by atoms with van der Waals surface area (Å²) in [7, 11) is 0. The summed E-state index contributed by atoms with van der Waals surface area (Å²) in [5, 5.41) is 34.1. The Kier molecular flexibility index (Phi) is 4.32. The van der Waals surface area contributed by atoms with E-state index in [1.54, 1.807) is 0 Å². The van der Waals surface area contributed by atoms with Gasteiger partial charge in [0.15, 0.2) is 5.79 Å². The maximum Gasteiger partial charge on any atom is 0.173 e. The summed E-state index contributed by atoms with van der Waals surface area (Å²) in [6, 6.07) is 0. The summed E-state index contributed by atoms with van der Waals surface area (Å²) in [5.74, 6) is 0.894. The quantitative estimate of drug-likeness (QED) is 0.500. The van der Waals surface area contributed by atoms with E-state index in [9.17, 15) is 15.3 Å². The first kappa shape index (κ1) is 23.9. The lowest BCUT2D eigenvalue weighted by atomic mass is 9.41. The summed E-state index contributed by atoms with van der Waals surface area (Å²) in [6.07, 6.45) is 7.19. The highest BCUT2D eigenvalue weighted by atomic mass is 16.8. The average molecular weight is 489 g/mol. The van der Waals surface area contributed by atoms with Crippen LogP contribution in [0.2, 0.25) is 0 Å². The SMILES string of the molecule is C[C@@H]1C[C@H]2O[C@]3(C[C@@]4(C)[C@@H]5CC[C@H]6C(C)(C)[C@@H](O)CC[C@@]67C[C@@]57C[C@@H](O)[C@]4(C)[C@@H]13)O[C@@H]2C(C)(C)O. The molecule has 5 aliphatic carbocycles. The minimum absolute atomic E-state index is 0.0545. The van der Waals surface area contributed by atoms with Crippen molar-refractivity contribution in [3.8, 4) is 0 Å². The van der Waals surface area contributed by atoms with Crippen LogP contribution in [0.15, 0.2) is 0 Å². The van der Waals surface area contributed by atoms with Gasteiger partial charge in [0.2, 0.25) is 0 Å². The van der Waals surface area contributed by atoms with Crippen LogP contribution in [0, 0.1) is 50.7 Å². The van der Waals surface area contributed by atoms with Gasteiger partial charge in [-0.15, -0.1) is 0 Å². The van der Waals surface area contributed by atoms with Gasteiger partial charge in [0.1, 0.15) is 6.10 Å². The Balaban J connectivity index is 1.32. The maximum atomic E-state index is 12.2. The van der Waals surface area contributed by atoms with Crippen molar-refractivity contribution in [3.63, 3.8) is 0 Å². The molecule has 2 saturated heterocycles. The zero-order valence-corrected chi connectivity index (χ0v) is 22.9. The number of aliphatic hydroxyl groups is 3. The first-order valence-corrected chi connectivity index (χ1v) is 14.5. The molecular weight excluding hydrogens is 440 g/mol. The second kappa shape index (κ2) is 6.33. The molecule has 0 amide bonds. The van der Waals surface area contributed by atoms with Gasteiger partial charge in [-0.3, -0.25) is 0 Å². The number of fused-ring (bicyclic) bond motifs is 4. The average Bonchev–Trinajstić information content (AvgIpc) is 3.20. The molecule has 0 radical (unpaired) electrons. The summed E-state index contributed by atoms with van der Waals surface area (Å²) < 4.78 is 13.7. The lowest BCUT2D eigenvalue weighted by Gasteiger charge is -2.64. The minimum Gasteiger partial charge on any atom is -0.393 e. The van der Waals surface area contributed by atoms with E-state index in [0.29, 0.717) is 17.8 Å². The largest absolute Gasteiger partial charge is 0.393 e. The van der Waals surface area contributed by atoms with Gasteiger partial charge < -0.3 is 24.8 Å². The molecule has 3 N–H and O–H groups in total. The molecule has 0 unspecified atom stereocenters. The molecule has 0 aromatic rings. The van der Waals surface area contributed by atoms with Crippen molar-refractivity contribution >= 4 is 0 Å². The molecule has 0 aromatic heterocycles. The molecule has 35 heavy (non-hydrogen) atoms. The van der Waals surface area contributed by atoms with Crippen LogP contribution in [0.4, 0.5) is 0 Å². The highest BCUT2D eigenvalue weighted by Crippen LogP contribution is 2.90. The van der Waals surface area contributed by atoms with Crippen molar-refractivity contribution < 1.29 is 24.8 Å². The number of hydrogen-bond acceptors (Lipinski definition) is 5. The molecule has 13 atom stereocenters. The third kappa shape index (κ3) is 2.38. The van der Waals surface area contributed by atoms with Crippen LogP contribution in [0.25, 0.3) is 0 Å². The van der Waals surface area contributed by atoms with Crippen molar-refractivity contribution in [3.05, 3.63) is 0 Å². The standard InChI is InChI=1S/C30H48O5/c1-16-12-17-23(25(4,5)33)35-30(34-17)14-26(6)19-9-8-18-24(2,3)20(31)10-11-28(18)15-29(19,28)13-21(32)27(26,7)22(16)30/h16-23,31-33H,8-15H2,1-7H3/t16-,17-,18+,19+,20+,21-,22-,23+,26+,27-,28-,29+,30-/m1/s1. The number of rotatable bonds is 1. The Labute approximate surface area is 211 Å². The van der Waals surface area contributed by atoms with E-state index < -0.39 is 11.4 Å². The van der Waals surface area contributed by atoms with Crippen LogP contribution < -0.4 is 0 Å². The highest BCUT2D eigenvalue weighted by Gasteiger charge is 2.87. The van der Waals surface area contributed by atoms with Gasteiger partial charge in [0, 0.05) is 17.8 Å². The highest BCUT2D eigenvalue weighted by molar-refractivity contribution is 5.34. The summed E-state index contributed by atoms with van der Waals surface area (Å²) in [5.41, 5.74) is -0.908. The molecule has 2 heterocycles. The van der Waals surface area contributed by atoms with E-state index in [0.717, 1.165) is 32.1 Å². The van der Waals surface area contributed by atoms with Gasteiger partial charge in [0.25, 0.3) is 0 Å². The molecule has 5 nitrogen and oxygen atoms in total. The van der Waals surface area contributed by atoms with Gasteiger partial charge >= 0.3 is 0 Å². The fourth-order valence-electron chi connectivity index (χ4n) is 12.7. The Hall–Kier alpha value is -0.200. The third-order valence-electron chi connectivity index (χ3n) is 14.1. The first-order valence-electron chi connectivity index (χ1n) is 14.5. The van der Waals surface area contributed by atoms with E-state index >= 15 is 0 Å². The number of ether oxygens (including phenoxy) is 2. The molecule has 7 aliphatic rings. The molecule has 198 valence electrons. The maximum absolute atomic E-state index is 12.2. The lowest BCUT2D eigenvalue weighted by Crippen LogP contribution is -2.62. The summed E-state index contributed by atoms with van der Waals surface area (Å²) in [4.78, 5) is 0. The predicted octanol–water partition coefficient (Wildman–Crippen LogP) is 4.66. The van der Waals surface area contributed by atoms with Gasteiger partial charge in [0.05, 0.1) is 23.9 Å². The molecule has 0 aromatic carbocycles. The molecular formula is C30H48O5. The van der Waals surface area contributed by atoms with Crippen LogP contribution in [0.3, 0.4) is 0 Å². The van der Waals surface area contributed by atoms with Crippen molar-refractivity contribution in [1.82, 2.24) is 0 Å². The van der Waals surface area contributed by atoms with Crippen molar-refractivity contribution in [2.24, 2.45) is 50.7 Å². The van der Waals surface area contributed by atoms with Crippen LogP contribution in [0.1, 0.15) is 99.8 Å². The number of aliphatic hydroxyl groups excluding tert-OH is 2. The van der Waals surface area contributed by atoms with Crippen molar-refractivity contribution in [2.45, 2.75) is 136 Å². The smallest absolute Gasteiger partial charge is 0.173 e. The zero-order valence-electron chi connectivity index (χ0n) is 22.9. The summed E-state index contributed by atoms with van der Waals surface area (Å²) >= 11 is 0. The van der Waals surface area contributed by atoms with E-state index in [1.807, 2.05) is 13.8 Å². The van der Waals surface area contributed by atoms with Crippen LogP contribution >= 0.6 is 0 Å². The second-order valence-electron chi connectivity index (χ2n) is 16.0. The fraction of sp³-hybridized carbons (Fsp3) is 1.00. The fourth-order valence-corrected chi connectivity index (χ4v) is 12.7. The van der Waals surface area contributed by atoms with Gasteiger partial charge in [-0.1, -0.05) is 34.6 Å². The molecule has 3 spiro atoms. The Morgan fingerprint density at radius 3 is 2.23 bits per heavy atom. The Morgan fingerprint density at radius 1 is 0.857 bits per heavy atom. The molecule has 7 rings (SSSR count). The van der Waals surface area contributed by atoms with Crippen LogP contribution in [-0.2, 0) is 9.47 Å². The Bertz CT molecular complexity index is 957. The van der Waals surface area contributed by atoms with Crippen LogP contribution in [0.5, 0.6) is 0 Å². The second-order valence-corrected chi connectivity index (χ2v) is 16.0. The van der Waals surface area contributed by atoms with E-state index in [4.69, 9.17) is 9.47 Å². The van der Waals surface area contributed by atoms with E-state index in [-0.39, 0.29) is 57.4 Å². The van der Waals surface area contributed by atoms with Crippen LogP contribution in [-0.4, -0.2) is 51.1 Å². The molecule has 5 saturated carbocycles. The van der Waals surface area contributed by atoms with E-state index in [2.05, 4.69) is 34.6 Å². The monoisotopic (exact) mass is 488 g/mol. The van der Waals surface area contributed by atoms with E-state index in [1.165, 1.54) is 19.3 Å². The van der Waals surface area contributed by atoms with Gasteiger partial charge in [-0.2, -0.15) is 0 Å². The normalized spacial score (nSPS) is 63.9. The minimum atomic E-state index is -0.953. The molecule has 2 aliphatic heterocycles.